The molecule has 0 unspecified atom stereocenters. The van der Waals surface area contributed by atoms with Crippen LogP contribution in [0.1, 0.15) is 42.1 Å². The summed E-state index contributed by atoms with van der Waals surface area (Å²) < 4.78 is 53.0. The molecule has 1 fully saturated rings. The Morgan fingerprint density at radius 3 is 2.58 bits per heavy atom. The molecule has 13 heteroatoms. The molecule has 0 aliphatic carbocycles. The fourth-order valence-electron chi connectivity index (χ4n) is 4.83. The summed E-state index contributed by atoms with van der Waals surface area (Å²) in [5.74, 6) is -5.34. The van der Waals surface area contributed by atoms with E-state index in [-0.39, 0.29) is 30.1 Å². The van der Waals surface area contributed by atoms with Gasteiger partial charge >= 0.3 is 12.1 Å². The van der Waals surface area contributed by atoms with E-state index in [1.54, 1.807) is 29.8 Å². The number of rotatable bonds is 6. The molecule has 212 valence electrons. The first-order valence-electron chi connectivity index (χ1n) is 12.5. The Hall–Kier alpha value is -3.80. The molecule has 3 aromatic rings. The van der Waals surface area contributed by atoms with E-state index < -0.39 is 53.6 Å². The van der Waals surface area contributed by atoms with Gasteiger partial charge in [0.2, 0.25) is 5.91 Å². The number of carbonyl (C=O) groups excluding carboxylic acids is 3. The number of nitrogens with zero attached hydrogens (tertiary/aromatic N) is 3. The number of halogens is 5. The van der Waals surface area contributed by atoms with Crippen molar-refractivity contribution in [2.45, 2.75) is 44.4 Å². The Bertz CT molecular complexity index is 1410. The van der Waals surface area contributed by atoms with Crippen LogP contribution in [0.4, 0.5) is 17.6 Å². The molecule has 0 bridgehead atoms. The number of benzene rings is 1. The summed E-state index contributed by atoms with van der Waals surface area (Å²) in [7, 11) is 0. The fraction of sp³-hybridized carbons (Fsp3) is 0.370. The zero-order chi connectivity index (χ0) is 29.2. The molecule has 1 aliphatic heterocycles. The normalized spacial score (nSPS) is 18.4. The van der Waals surface area contributed by atoms with Gasteiger partial charge in [-0.3, -0.25) is 24.4 Å². The summed E-state index contributed by atoms with van der Waals surface area (Å²) in [6.07, 6.45) is -0.385. The highest BCUT2D eigenvalue weighted by atomic mass is 35.5. The third-order valence-electron chi connectivity index (χ3n) is 6.78. The van der Waals surface area contributed by atoms with E-state index in [9.17, 15) is 31.9 Å². The van der Waals surface area contributed by atoms with Crippen LogP contribution in [0.2, 0.25) is 5.02 Å². The summed E-state index contributed by atoms with van der Waals surface area (Å²) in [5.41, 5.74) is 1.14. The second-order valence-electron chi connectivity index (χ2n) is 9.92. The van der Waals surface area contributed by atoms with E-state index in [0.717, 1.165) is 6.07 Å². The molecule has 2 N–H and O–H groups in total. The molecular weight excluding hydrogens is 554 g/mol. The molecule has 40 heavy (non-hydrogen) atoms. The summed E-state index contributed by atoms with van der Waals surface area (Å²) >= 11 is 6.07. The van der Waals surface area contributed by atoms with Crippen LogP contribution in [0.25, 0.3) is 10.9 Å². The molecular formula is C27H26ClF4N5O3. The van der Waals surface area contributed by atoms with E-state index in [4.69, 9.17) is 11.6 Å². The van der Waals surface area contributed by atoms with Gasteiger partial charge in [-0.2, -0.15) is 13.2 Å². The number of fused-ring (bicyclic) bond motifs is 1. The predicted octanol–water partition coefficient (Wildman–Crippen LogP) is 4.24. The number of pyridine rings is 2. The van der Waals surface area contributed by atoms with Crippen LogP contribution in [-0.2, 0) is 9.59 Å². The fourth-order valence-corrected chi connectivity index (χ4v) is 5.06. The molecule has 3 atom stereocenters. The van der Waals surface area contributed by atoms with Crippen molar-refractivity contribution in [1.82, 2.24) is 25.5 Å². The Morgan fingerprint density at radius 1 is 1.15 bits per heavy atom. The maximum atomic E-state index is 14.2. The lowest BCUT2D eigenvalue weighted by molar-refractivity contribution is -0.175. The summed E-state index contributed by atoms with van der Waals surface area (Å²) in [5, 5.41) is 5.23. The van der Waals surface area contributed by atoms with Gasteiger partial charge in [0.25, 0.3) is 5.91 Å². The molecule has 0 spiro atoms. The molecule has 2 aromatic heterocycles. The first kappa shape index (κ1) is 29.2. The van der Waals surface area contributed by atoms with E-state index >= 15 is 0 Å². The number of aromatic nitrogens is 2. The highest BCUT2D eigenvalue weighted by molar-refractivity contribution is 6.30. The number of hydrogen-bond acceptors (Lipinski definition) is 5. The largest absolute Gasteiger partial charge is 0.471 e. The second-order valence-corrected chi connectivity index (χ2v) is 10.4. The summed E-state index contributed by atoms with van der Waals surface area (Å²) in [6, 6.07) is 5.04. The van der Waals surface area contributed by atoms with Crippen LogP contribution in [-0.4, -0.2) is 63.9 Å². The number of hydrogen-bond donors (Lipinski definition) is 2. The molecule has 8 nitrogen and oxygen atoms in total. The molecule has 3 amide bonds. The lowest BCUT2D eigenvalue weighted by Gasteiger charge is -2.40. The lowest BCUT2D eigenvalue weighted by atomic mass is 9.84. The first-order valence-corrected chi connectivity index (χ1v) is 12.8. The Kier molecular flexibility index (Phi) is 8.57. The summed E-state index contributed by atoms with van der Waals surface area (Å²) in [4.78, 5) is 48.3. The van der Waals surface area contributed by atoms with E-state index in [0.29, 0.717) is 16.5 Å². The van der Waals surface area contributed by atoms with Crippen molar-refractivity contribution in [1.29, 1.82) is 0 Å². The van der Waals surface area contributed by atoms with Crippen molar-refractivity contribution in [3.05, 3.63) is 70.9 Å². The average Bonchev–Trinajstić information content (AvgIpc) is 2.89. The maximum Gasteiger partial charge on any atom is 0.471 e. The maximum absolute atomic E-state index is 14.2. The molecule has 1 aliphatic rings. The number of nitrogens with one attached hydrogen (secondary N) is 2. The van der Waals surface area contributed by atoms with Crippen LogP contribution >= 0.6 is 11.6 Å². The Balaban J connectivity index is 1.64. The van der Waals surface area contributed by atoms with Crippen molar-refractivity contribution in [2.75, 3.05) is 13.1 Å². The SMILES string of the molecule is CC(C)[C@@H](NC(=O)C(F)(F)F)C(=O)N[C@H]1CN(C(=O)c2cncc3cccnc23)CC[C@H]1c1cc(F)cc(Cl)c1. The zero-order valence-corrected chi connectivity index (χ0v) is 22.3. The molecule has 3 heterocycles. The first-order chi connectivity index (χ1) is 18.8. The van der Waals surface area contributed by atoms with Gasteiger partial charge in [0.15, 0.2) is 0 Å². The van der Waals surface area contributed by atoms with Crippen LogP contribution in [0, 0.1) is 11.7 Å². The highest BCUT2D eigenvalue weighted by Crippen LogP contribution is 2.32. The van der Waals surface area contributed by atoms with Gasteiger partial charge < -0.3 is 15.5 Å². The van der Waals surface area contributed by atoms with Gasteiger partial charge in [-0.05, 0) is 48.2 Å². The highest BCUT2D eigenvalue weighted by Gasteiger charge is 2.42. The predicted molar refractivity (Wildman–Crippen MR) is 139 cm³/mol. The van der Waals surface area contributed by atoms with Gasteiger partial charge in [0, 0.05) is 48.0 Å². The number of piperidine rings is 1. The minimum atomic E-state index is -5.18. The number of carbonyl (C=O) groups is 3. The average molecular weight is 580 g/mol. The second kappa shape index (κ2) is 11.7. The van der Waals surface area contributed by atoms with Crippen LogP contribution in [0.5, 0.6) is 0 Å². The molecule has 4 rings (SSSR count). The third kappa shape index (κ3) is 6.49. The third-order valence-corrected chi connectivity index (χ3v) is 6.99. The summed E-state index contributed by atoms with van der Waals surface area (Å²) in [6.45, 7) is 3.15. The van der Waals surface area contributed by atoms with Gasteiger partial charge in [0.1, 0.15) is 11.9 Å². The monoisotopic (exact) mass is 579 g/mol. The van der Waals surface area contributed by atoms with Crippen molar-refractivity contribution < 1.29 is 31.9 Å². The van der Waals surface area contributed by atoms with Crippen molar-refractivity contribution >= 4 is 40.2 Å². The molecule has 1 aromatic carbocycles. The minimum Gasteiger partial charge on any atom is -0.349 e. The van der Waals surface area contributed by atoms with Crippen molar-refractivity contribution in [2.24, 2.45) is 5.92 Å². The van der Waals surface area contributed by atoms with E-state index in [1.165, 1.54) is 37.1 Å². The van der Waals surface area contributed by atoms with Crippen LogP contribution < -0.4 is 10.6 Å². The zero-order valence-electron chi connectivity index (χ0n) is 21.5. The van der Waals surface area contributed by atoms with Gasteiger partial charge in [-0.25, -0.2) is 4.39 Å². The van der Waals surface area contributed by atoms with Crippen molar-refractivity contribution in [3.8, 4) is 0 Å². The molecule has 0 radical (unpaired) electrons. The van der Waals surface area contributed by atoms with Gasteiger partial charge in [-0.15, -0.1) is 0 Å². The standard InChI is InChI=1S/C27H26ClF4N5O3/c1-14(2)22(36-26(40)27(30,31)32)24(38)35-21-13-37(7-5-19(21)16-8-17(28)10-18(29)9-16)25(39)20-12-33-11-15-4-3-6-34-23(15)20/h3-4,6,8-12,14,19,21-22H,5,7,13H2,1-2H3,(H,35,38)(H,36,40)/t19-,21-,22+/m0/s1. The smallest absolute Gasteiger partial charge is 0.349 e. The van der Waals surface area contributed by atoms with Gasteiger partial charge in [-0.1, -0.05) is 25.4 Å². The minimum absolute atomic E-state index is 0.0510. The molecule has 0 saturated carbocycles. The van der Waals surface area contributed by atoms with E-state index in [1.807, 2.05) is 0 Å². The van der Waals surface area contributed by atoms with Gasteiger partial charge in [0.05, 0.1) is 17.1 Å². The van der Waals surface area contributed by atoms with Crippen LogP contribution in [0.3, 0.4) is 0 Å². The number of amides is 3. The number of alkyl halides is 3. The lowest BCUT2D eigenvalue weighted by Crippen LogP contribution is -2.59. The number of likely N-dealkylation sites (tertiary alicyclic amines) is 1. The van der Waals surface area contributed by atoms with Crippen molar-refractivity contribution in [3.63, 3.8) is 0 Å². The quantitative estimate of drug-likeness (QED) is 0.425. The Morgan fingerprint density at radius 2 is 1.90 bits per heavy atom. The molecule has 1 saturated heterocycles. The Labute approximate surface area is 232 Å². The topological polar surface area (TPSA) is 104 Å². The van der Waals surface area contributed by atoms with Crippen LogP contribution in [0.15, 0.2) is 48.9 Å². The van der Waals surface area contributed by atoms with E-state index in [2.05, 4.69) is 15.3 Å².